The van der Waals surface area contributed by atoms with Crippen LogP contribution in [0.25, 0.3) is 10.2 Å². The van der Waals surface area contributed by atoms with Crippen molar-refractivity contribution >= 4 is 33.3 Å². The number of thiophene rings is 1. The van der Waals surface area contributed by atoms with Gasteiger partial charge in [0, 0.05) is 12.8 Å². The van der Waals surface area contributed by atoms with Gasteiger partial charge in [0.15, 0.2) is 5.16 Å². The molecule has 0 bridgehead atoms. The highest BCUT2D eigenvalue weighted by Crippen LogP contribution is 2.20. The molecule has 0 aliphatic carbocycles. The maximum Gasteiger partial charge on any atom is 0.262 e. The molecule has 2 aromatic rings. The summed E-state index contributed by atoms with van der Waals surface area (Å²) >= 11 is 3.16. The lowest BCUT2D eigenvalue weighted by Crippen LogP contribution is -2.19. The zero-order valence-corrected chi connectivity index (χ0v) is 10.3. The van der Waals surface area contributed by atoms with Crippen molar-refractivity contribution in [2.75, 3.05) is 5.75 Å². The third-order valence-electron chi connectivity index (χ3n) is 2.10. The number of nitrogens with zero attached hydrogens (tertiary/aromatic N) is 2. The molecule has 5 heteroatoms. The second kappa shape index (κ2) is 4.37. The molecular formula is C10H12N2OS2. The van der Waals surface area contributed by atoms with Crippen molar-refractivity contribution in [1.29, 1.82) is 0 Å². The maximum absolute atomic E-state index is 11.9. The molecular weight excluding hydrogens is 228 g/mol. The van der Waals surface area contributed by atoms with Crippen molar-refractivity contribution in [2.45, 2.75) is 18.5 Å². The van der Waals surface area contributed by atoms with E-state index < -0.39 is 0 Å². The summed E-state index contributed by atoms with van der Waals surface area (Å²) in [6, 6.07) is 1.84. The molecule has 0 spiro atoms. The topological polar surface area (TPSA) is 34.9 Å². The van der Waals surface area contributed by atoms with Gasteiger partial charge in [0.05, 0.1) is 5.39 Å². The lowest BCUT2D eigenvalue weighted by atomic mass is 10.4. The zero-order chi connectivity index (χ0) is 10.8. The quantitative estimate of drug-likeness (QED) is 0.610. The molecule has 0 unspecified atom stereocenters. The van der Waals surface area contributed by atoms with Crippen LogP contribution in [-0.4, -0.2) is 15.3 Å². The molecule has 0 aromatic carbocycles. The Morgan fingerprint density at radius 1 is 1.60 bits per heavy atom. The molecule has 3 nitrogen and oxygen atoms in total. The van der Waals surface area contributed by atoms with E-state index in [1.54, 1.807) is 23.4 Å². The van der Waals surface area contributed by atoms with E-state index in [2.05, 4.69) is 11.9 Å². The largest absolute Gasteiger partial charge is 0.290 e. The van der Waals surface area contributed by atoms with Gasteiger partial charge in [0.1, 0.15) is 4.83 Å². The molecule has 15 heavy (non-hydrogen) atoms. The Morgan fingerprint density at radius 3 is 3.13 bits per heavy atom. The first-order valence-electron chi connectivity index (χ1n) is 4.81. The number of fused-ring (bicyclic) bond motifs is 1. The average molecular weight is 240 g/mol. The van der Waals surface area contributed by atoms with Gasteiger partial charge in [0.2, 0.25) is 0 Å². The fraction of sp³-hybridized carbons (Fsp3) is 0.400. The van der Waals surface area contributed by atoms with E-state index in [0.717, 1.165) is 27.5 Å². The molecule has 2 aromatic heterocycles. The minimum atomic E-state index is 0.0554. The Morgan fingerprint density at radius 2 is 2.40 bits per heavy atom. The summed E-state index contributed by atoms with van der Waals surface area (Å²) < 4.78 is 1.63. The fourth-order valence-corrected chi connectivity index (χ4v) is 2.93. The van der Waals surface area contributed by atoms with Gasteiger partial charge in [-0.3, -0.25) is 9.36 Å². The molecule has 0 atom stereocenters. The standard InChI is InChI=1S/C10H12N2OS2/c1-3-5-15-10-11-8-7(4-6-14-8)9(13)12(10)2/h4,6H,3,5H2,1-2H3. The van der Waals surface area contributed by atoms with Crippen LogP contribution in [0.3, 0.4) is 0 Å². The summed E-state index contributed by atoms with van der Waals surface area (Å²) in [6.07, 6.45) is 1.09. The molecule has 0 aliphatic heterocycles. The van der Waals surface area contributed by atoms with Gasteiger partial charge in [-0.2, -0.15) is 0 Å². The van der Waals surface area contributed by atoms with Gasteiger partial charge in [0.25, 0.3) is 5.56 Å². The molecule has 0 radical (unpaired) electrons. The Balaban J connectivity index is 2.55. The van der Waals surface area contributed by atoms with E-state index in [0.29, 0.717) is 0 Å². The molecule has 0 fully saturated rings. The maximum atomic E-state index is 11.9. The first-order chi connectivity index (χ1) is 7.24. The Hall–Kier alpha value is -0.810. The zero-order valence-electron chi connectivity index (χ0n) is 8.69. The predicted octanol–water partition coefficient (Wildman–Crippen LogP) is 2.50. The van der Waals surface area contributed by atoms with Crippen LogP contribution in [0.5, 0.6) is 0 Å². The molecule has 0 saturated carbocycles. The number of hydrogen-bond acceptors (Lipinski definition) is 4. The van der Waals surface area contributed by atoms with Crippen LogP contribution in [0.4, 0.5) is 0 Å². The summed E-state index contributed by atoms with van der Waals surface area (Å²) in [6.45, 7) is 2.12. The summed E-state index contributed by atoms with van der Waals surface area (Å²) in [7, 11) is 1.78. The summed E-state index contributed by atoms with van der Waals surface area (Å²) in [5.74, 6) is 0.997. The fourth-order valence-electron chi connectivity index (χ4n) is 1.30. The predicted molar refractivity (Wildman–Crippen MR) is 65.9 cm³/mol. The summed E-state index contributed by atoms with van der Waals surface area (Å²) in [5, 5.41) is 3.45. The van der Waals surface area contributed by atoms with Crippen LogP contribution < -0.4 is 5.56 Å². The van der Waals surface area contributed by atoms with Gasteiger partial charge >= 0.3 is 0 Å². The minimum Gasteiger partial charge on any atom is -0.290 e. The second-order valence-electron chi connectivity index (χ2n) is 3.25. The van der Waals surface area contributed by atoms with E-state index >= 15 is 0 Å². The summed E-state index contributed by atoms with van der Waals surface area (Å²) in [5.41, 5.74) is 0.0554. The van der Waals surface area contributed by atoms with E-state index in [9.17, 15) is 4.79 Å². The third kappa shape index (κ3) is 1.94. The van der Waals surface area contributed by atoms with Crippen LogP contribution >= 0.6 is 23.1 Å². The van der Waals surface area contributed by atoms with E-state index in [4.69, 9.17) is 0 Å². The van der Waals surface area contributed by atoms with Crippen LogP contribution in [0, 0.1) is 0 Å². The average Bonchev–Trinajstić information content (AvgIpc) is 2.69. The molecule has 0 aliphatic rings. The molecule has 0 saturated heterocycles. The SMILES string of the molecule is CCCSc1nc2sccc2c(=O)n1C. The highest BCUT2D eigenvalue weighted by Gasteiger charge is 2.08. The second-order valence-corrected chi connectivity index (χ2v) is 5.20. The van der Waals surface area contributed by atoms with Crippen molar-refractivity contribution in [3.05, 3.63) is 21.8 Å². The smallest absolute Gasteiger partial charge is 0.262 e. The summed E-state index contributed by atoms with van der Waals surface area (Å²) in [4.78, 5) is 17.2. The Bertz CT molecular complexity index is 530. The molecule has 80 valence electrons. The van der Waals surface area contributed by atoms with Gasteiger partial charge < -0.3 is 0 Å². The van der Waals surface area contributed by atoms with E-state index in [1.165, 1.54) is 11.3 Å². The molecule has 2 rings (SSSR count). The Labute approximate surface area is 96.1 Å². The van der Waals surface area contributed by atoms with Crippen LogP contribution in [0.1, 0.15) is 13.3 Å². The third-order valence-corrected chi connectivity index (χ3v) is 4.14. The number of thioether (sulfide) groups is 1. The van der Waals surface area contributed by atoms with Crippen molar-refractivity contribution in [1.82, 2.24) is 9.55 Å². The van der Waals surface area contributed by atoms with Gasteiger partial charge in [-0.05, 0) is 17.9 Å². The van der Waals surface area contributed by atoms with Crippen molar-refractivity contribution in [3.8, 4) is 0 Å². The van der Waals surface area contributed by atoms with Crippen LogP contribution in [0.15, 0.2) is 21.4 Å². The Kier molecular flexibility index (Phi) is 3.11. The lowest BCUT2D eigenvalue weighted by Gasteiger charge is -2.05. The normalized spacial score (nSPS) is 11.1. The van der Waals surface area contributed by atoms with Crippen molar-refractivity contribution in [2.24, 2.45) is 7.05 Å². The molecule has 0 N–H and O–H groups in total. The minimum absolute atomic E-state index is 0.0554. The number of hydrogen-bond donors (Lipinski definition) is 0. The molecule has 0 amide bonds. The highest BCUT2D eigenvalue weighted by atomic mass is 32.2. The number of rotatable bonds is 3. The van der Waals surface area contributed by atoms with Crippen LogP contribution in [0.2, 0.25) is 0 Å². The van der Waals surface area contributed by atoms with E-state index in [1.807, 2.05) is 11.4 Å². The first-order valence-corrected chi connectivity index (χ1v) is 6.67. The lowest BCUT2D eigenvalue weighted by molar-refractivity contribution is 0.727. The van der Waals surface area contributed by atoms with Crippen molar-refractivity contribution in [3.63, 3.8) is 0 Å². The van der Waals surface area contributed by atoms with Crippen molar-refractivity contribution < 1.29 is 0 Å². The van der Waals surface area contributed by atoms with Crippen LogP contribution in [-0.2, 0) is 7.05 Å². The van der Waals surface area contributed by atoms with Gasteiger partial charge in [-0.15, -0.1) is 11.3 Å². The van der Waals surface area contributed by atoms with Gasteiger partial charge in [-0.1, -0.05) is 18.7 Å². The van der Waals surface area contributed by atoms with E-state index in [-0.39, 0.29) is 5.56 Å². The first kappa shape index (κ1) is 10.7. The van der Waals surface area contributed by atoms with Gasteiger partial charge in [-0.25, -0.2) is 4.98 Å². The molecule has 2 heterocycles. The monoisotopic (exact) mass is 240 g/mol. The highest BCUT2D eigenvalue weighted by molar-refractivity contribution is 7.99. The number of aromatic nitrogens is 2.